The first-order valence-corrected chi connectivity index (χ1v) is 8.48. The van der Waals surface area contributed by atoms with Gasteiger partial charge in [-0.05, 0) is 65.0 Å². The molecule has 0 aliphatic heterocycles. The number of aryl methyl sites for hydroxylation is 1. The van der Waals surface area contributed by atoms with Crippen LogP contribution in [0.2, 0.25) is 0 Å². The predicted molar refractivity (Wildman–Crippen MR) is 92.8 cm³/mol. The number of carbonyl (C=O) groups excluding carboxylic acids is 2. The summed E-state index contributed by atoms with van der Waals surface area (Å²) in [5.74, 6) is -1.79. The fourth-order valence-corrected chi connectivity index (χ4v) is 3.41. The Morgan fingerprint density at radius 2 is 2.04 bits per heavy atom. The van der Waals surface area contributed by atoms with Crippen molar-refractivity contribution in [2.75, 3.05) is 0 Å². The number of hydrogen-bond donors (Lipinski definition) is 3. The maximum atomic E-state index is 13.4. The van der Waals surface area contributed by atoms with Crippen LogP contribution in [0.15, 0.2) is 33.5 Å². The number of H-pyrrole nitrogens is 1. The molecule has 1 atom stereocenters. The van der Waals surface area contributed by atoms with Crippen molar-refractivity contribution >= 4 is 27.7 Å². The molecule has 1 aromatic carbocycles. The molecule has 25 heavy (non-hydrogen) atoms. The van der Waals surface area contributed by atoms with Gasteiger partial charge < -0.3 is 16.0 Å². The van der Waals surface area contributed by atoms with E-state index in [0.717, 1.165) is 12.5 Å². The van der Waals surface area contributed by atoms with Crippen LogP contribution >= 0.6 is 15.9 Å². The lowest BCUT2D eigenvalue weighted by Crippen LogP contribution is -2.34. The first kappa shape index (κ1) is 17.3. The SMILES string of the molecule is NC(=O)c1cc2c([nH]c1=O)CCC[C@@H]2NC(=O)c1cc(F)ccc1Br. The van der Waals surface area contributed by atoms with Gasteiger partial charge in [-0.1, -0.05) is 0 Å². The van der Waals surface area contributed by atoms with E-state index in [1.54, 1.807) is 0 Å². The van der Waals surface area contributed by atoms with E-state index in [1.165, 1.54) is 18.2 Å². The summed E-state index contributed by atoms with van der Waals surface area (Å²) < 4.78 is 13.9. The molecule has 0 radical (unpaired) electrons. The molecule has 0 fully saturated rings. The molecule has 0 saturated carbocycles. The van der Waals surface area contributed by atoms with Crippen LogP contribution in [0.5, 0.6) is 0 Å². The van der Waals surface area contributed by atoms with Crippen molar-refractivity contribution in [3.63, 3.8) is 0 Å². The molecule has 0 spiro atoms. The third-order valence-electron chi connectivity index (χ3n) is 4.20. The van der Waals surface area contributed by atoms with Crippen LogP contribution in [0.25, 0.3) is 0 Å². The standard InChI is InChI=1S/C17H15BrFN3O3/c18-12-5-4-8(19)6-9(12)16(24)21-13-2-1-3-14-10(13)7-11(15(20)23)17(25)22-14/h4-7,13H,1-3H2,(H2,20,23)(H,21,24)(H,22,25)/t13-/m0/s1. The Hall–Kier alpha value is -2.48. The number of aromatic amines is 1. The summed E-state index contributed by atoms with van der Waals surface area (Å²) in [6.45, 7) is 0. The summed E-state index contributed by atoms with van der Waals surface area (Å²) in [5, 5.41) is 2.84. The van der Waals surface area contributed by atoms with Gasteiger partial charge in [0.05, 0.1) is 11.6 Å². The fourth-order valence-electron chi connectivity index (χ4n) is 2.98. The van der Waals surface area contributed by atoms with Gasteiger partial charge in [-0.15, -0.1) is 0 Å². The van der Waals surface area contributed by atoms with Crippen LogP contribution in [0.1, 0.15) is 50.9 Å². The number of halogens is 2. The van der Waals surface area contributed by atoms with Gasteiger partial charge in [0, 0.05) is 10.2 Å². The maximum Gasteiger partial charge on any atom is 0.261 e. The first-order valence-electron chi connectivity index (χ1n) is 7.68. The Kier molecular flexibility index (Phi) is 4.71. The lowest BCUT2D eigenvalue weighted by Gasteiger charge is -2.26. The molecule has 4 N–H and O–H groups in total. The number of fused-ring (bicyclic) bond motifs is 1. The van der Waals surface area contributed by atoms with Gasteiger partial charge in [-0.25, -0.2) is 4.39 Å². The fraction of sp³-hybridized carbons (Fsp3) is 0.235. The predicted octanol–water partition coefficient (Wildman–Crippen LogP) is 2.18. The first-order chi connectivity index (χ1) is 11.9. The van der Waals surface area contributed by atoms with Crippen molar-refractivity contribution in [1.29, 1.82) is 0 Å². The molecular formula is C17H15BrFN3O3. The highest BCUT2D eigenvalue weighted by atomic mass is 79.9. The van der Waals surface area contributed by atoms with Crippen molar-refractivity contribution in [2.24, 2.45) is 5.73 Å². The summed E-state index contributed by atoms with van der Waals surface area (Å²) in [6, 6.07) is 4.88. The van der Waals surface area contributed by atoms with E-state index in [2.05, 4.69) is 26.2 Å². The summed E-state index contributed by atoms with van der Waals surface area (Å²) in [4.78, 5) is 38.5. The molecule has 0 unspecified atom stereocenters. The summed E-state index contributed by atoms with van der Waals surface area (Å²) in [7, 11) is 0. The third-order valence-corrected chi connectivity index (χ3v) is 4.89. The molecule has 1 aromatic heterocycles. The van der Waals surface area contributed by atoms with E-state index >= 15 is 0 Å². The van der Waals surface area contributed by atoms with E-state index in [9.17, 15) is 18.8 Å². The molecule has 6 nitrogen and oxygen atoms in total. The zero-order chi connectivity index (χ0) is 18.1. The van der Waals surface area contributed by atoms with Crippen LogP contribution in [-0.2, 0) is 6.42 Å². The molecule has 2 aromatic rings. The molecule has 2 amide bonds. The average Bonchev–Trinajstić information content (AvgIpc) is 2.56. The highest BCUT2D eigenvalue weighted by Crippen LogP contribution is 2.29. The van der Waals surface area contributed by atoms with Gasteiger partial charge in [0.15, 0.2) is 0 Å². The van der Waals surface area contributed by atoms with Crippen LogP contribution in [0, 0.1) is 5.82 Å². The van der Waals surface area contributed by atoms with Crippen LogP contribution in [0.3, 0.4) is 0 Å². The maximum absolute atomic E-state index is 13.4. The van der Waals surface area contributed by atoms with Gasteiger partial charge in [-0.3, -0.25) is 14.4 Å². The topological polar surface area (TPSA) is 105 Å². The summed E-state index contributed by atoms with van der Waals surface area (Å²) in [6.07, 6.45) is 2.03. The monoisotopic (exact) mass is 407 g/mol. The van der Waals surface area contributed by atoms with E-state index < -0.39 is 29.2 Å². The van der Waals surface area contributed by atoms with Crippen LogP contribution in [-0.4, -0.2) is 16.8 Å². The molecule has 0 saturated heterocycles. The Balaban J connectivity index is 1.94. The second-order valence-corrected chi connectivity index (χ2v) is 6.71. The third kappa shape index (κ3) is 3.48. The largest absolute Gasteiger partial charge is 0.365 e. The molecule has 130 valence electrons. The van der Waals surface area contributed by atoms with Crippen molar-refractivity contribution in [1.82, 2.24) is 10.3 Å². The average molecular weight is 408 g/mol. The second-order valence-electron chi connectivity index (χ2n) is 5.85. The number of carbonyl (C=O) groups is 2. The zero-order valence-corrected chi connectivity index (χ0v) is 14.7. The van der Waals surface area contributed by atoms with Crippen molar-refractivity contribution in [3.05, 3.63) is 67.3 Å². The van der Waals surface area contributed by atoms with Crippen molar-refractivity contribution in [3.8, 4) is 0 Å². The van der Waals surface area contributed by atoms with Gasteiger partial charge in [0.2, 0.25) is 0 Å². The van der Waals surface area contributed by atoms with Crippen molar-refractivity contribution < 1.29 is 14.0 Å². The highest BCUT2D eigenvalue weighted by molar-refractivity contribution is 9.10. The number of rotatable bonds is 3. The molecule has 1 aliphatic rings. The Morgan fingerprint density at radius 1 is 1.28 bits per heavy atom. The molecule has 3 rings (SSSR count). The highest BCUT2D eigenvalue weighted by Gasteiger charge is 2.25. The molecule has 0 bridgehead atoms. The number of pyridine rings is 1. The minimum atomic E-state index is -0.826. The van der Waals surface area contributed by atoms with E-state index in [4.69, 9.17) is 5.73 Å². The normalized spacial score (nSPS) is 16.2. The Morgan fingerprint density at radius 3 is 2.76 bits per heavy atom. The van der Waals surface area contributed by atoms with E-state index in [0.29, 0.717) is 28.6 Å². The summed E-state index contributed by atoms with van der Waals surface area (Å²) in [5.41, 5.74) is 6.04. The van der Waals surface area contributed by atoms with Gasteiger partial charge in [0.1, 0.15) is 11.4 Å². The quantitative estimate of drug-likeness (QED) is 0.725. The minimum Gasteiger partial charge on any atom is -0.365 e. The van der Waals surface area contributed by atoms with Crippen LogP contribution in [0.4, 0.5) is 4.39 Å². The second kappa shape index (κ2) is 6.79. The number of nitrogens with two attached hydrogens (primary N) is 1. The minimum absolute atomic E-state index is 0.146. The number of primary amides is 1. The molecular weight excluding hydrogens is 393 g/mol. The summed E-state index contributed by atoms with van der Waals surface area (Å²) >= 11 is 3.23. The number of nitrogens with one attached hydrogen (secondary N) is 2. The number of hydrogen-bond acceptors (Lipinski definition) is 3. The lowest BCUT2D eigenvalue weighted by atomic mass is 9.90. The lowest BCUT2D eigenvalue weighted by molar-refractivity contribution is 0.0931. The van der Waals surface area contributed by atoms with Crippen LogP contribution < -0.4 is 16.6 Å². The Labute approximate surface area is 150 Å². The number of amides is 2. The zero-order valence-electron chi connectivity index (χ0n) is 13.1. The Bertz CT molecular complexity index is 926. The van der Waals surface area contributed by atoms with Gasteiger partial charge in [-0.2, -0.15) is 0 Å². The van der Waals surface area contributed by atoms with Gasteiger partial charge in [0.25, 0.3) is 17.4 Å². The molecule has 1 aliphatic carbocycles. The molecule has 1 heterocycles. The van der Waals surface area contributed by atoms with Crippen molar-refractivity contribution in [2.45, 2.75) is 25.3 Å². The van der Waals surface area contributed by atoms with E-state index in [1.807, 2.05) is 0 Å². The molecule has 8 heteroatoms. The van der Waals surface area contributed by atoms with E-state index in [-0.39, 0.29) is 11.1 Å². The smallest absolute Gasteiger partial charge is 0.261 e. The van der Waals surface area contributed by atoms with Gasteiger partial charge >= 0.3 is 0 Å². The number of benzene rings is 1. The number of aromatic nitrogens is 1.